The Kier molecular flexibility index (Phi) is 3.35. The van der Waals surface area contributed by atoms with Crippen molar-refractivity contribution in [3.8, 4) is 11.5 Å². The first kappa shape index (κ1) is 11.5. The molecule has 1 N–H and O–H groups in total. The molecule has 4 heteroatoms. The summed E-state index contributed by atoms with van der Waals surface area (Å²) in [5.41, 5.74) is 1.11. The van der Waals surface area contributed by atoms with E-state index in [-0.39, 0.29) is 12.4 Å². The van der Waals surface area contributed by atoms with Crippen LogP contribution >= 0.6 is 0 Å². The van der Waals surface area contributed by atoms with Crippen LogP contribution in [0.15, 0.2) is 36.7 Å². The van der Waals surface area contributed by atoms with E-state index in [4.69, 9.17) is 9.84 Å². The van der Waals surface area contributed by atoms with Crippen LogP contribution in [-0.4, -0.2) is 10.1 Å². The molecule has 3 nitrogen and oxygen atoms in total. The zero-order chi connectivity index (χ0) is 12.3. The molecule has 0 aliphatic heterocycles. The summed E-state index contributed by atoms with van der Waals surface area (Å²) in [5, 5.41) is 9.12. The number of ether oxygens (including phenoxy) is 1. The molecule has 2 aromatic rings. The van der Waals surface area contributed by atoms with Crippen LogP contribution in [0.5, 0.6) is 11.5 Å². The zero-order valence-electron chi connectivity index (χ0n) is 9.35. The lowest BCUT2D eigenvalue weighted by Gasteiger charge is -2.09. The quantitative estimate of drug-likeness (QED) is 0.886. The van der Waals surface area contributed by atoms with Crippen LogP contribution in [0.3, 0.4) is 0 Å². The number of aryl methyl sites for hydroxylation is 1. The summed E-state index contributed by atoms with van der Waals surface area (Å²) in [5.74, 6) is 0.785. The van der Waals surface area contributed by atoms with E-state index >= 15 is 0 Å². The van der Waals surface area contributed by atoms with Crippen LogP contribution in [0, 0.1) is 12.7 Å². The number of halogens is 1. The Morgan fingerprint density at radius 3 is 2.88 bits per heavy atom. The molecule has 0 amide bonds. The molecule has 17 heavy (non-hydrogen) atoms. The van der Waals surface area contributed by atoms with Crippen molar-refractivity contribution in [2.45, 2.75) is 13.5 Å². The van der Waals surface area contributed by atoms with E-state index in [0.717, 1.165) is 0 Å². The number of aliphatic hydroxyl groups excluding tert-OH is 1. The van der Waals surface area contributed by atoms with Gasteiger partial charge in [-0.25, -0.2) is 4.39 Å². The molecule has 2 rings (SSSR count). The minimum Gasteiger partial charge on any atom is -0.457 e. The summed E-state index contributed by atoms with van der Waals surface area (Å²) in [6.45, 7) is 1.52. The minimum atomic E-state index is -0.269. The fraction of sp³-hybridized carbons (Fsp3) is 0.154. The molecule has 88 valence electrons. The van der Waals surface area contributed by atoms with E-state index in [1.165, 1.54) is 12.3 Å². The fourth-order valence-electron chi connectivity index (χ4n) is 1.44. The number of nitrogens with zero attached hydrogens (tertiary/aromatic N) is 1. The maximum absolute atomic E-state index is 13.1. The lowest BCUT2D eigenvalue weighted by atomic mass is 10.2. The topological polar surface area (TPSA) is 42.4 Å². The van der Waals surface area contributed by atoms with Gasteiger partial charge < -0.3 is 9.84 Å². The molecule has 0 fully saturated rings. The lowest BCUT2D eigenvalue weighted by Crippen LogP contribution is -1.93. The fourth-order valence-corrected chi connectivity index (χ4v) is 1.44. The number of aliphatic hydroxyl groups is 1. The van der Waals surface area contributed by atoms with Gasteiger partial charge in [-0.15, -0.1) is 0 Å². The summed E-state index contributed by atoms with van der Waals surface area (Å²) in [4.78, 5) is 3.89. The van der Waals surface area contributed by atoms with E-state index < -0.39 is 0 Å². The van der Waals surface area contributed by atoms with Crippen molar-refractivity contribution in [1.82, 2.24) is 4.98 Å². The van der Waals surface area contributed by atoms with Crippen molar-refractivity contribution in [3.05, 3.63) is 53.6 Å². The Morgan fingerprint density at radius 1 is 1.35 bits per heavy atom. The van der Waals surface area contributed by atoms with Crippen LogP contribution in [0.2, 0.25) is 0 Å². The monoisotopic (exact) mass is 233 g/mol. The zero-order valence-corrected chi connectivity index (χ0v) is 9.35. The van der Waals surface area contributed by atoms with E-state index in [2.05, 4.69) is 4.98 Å². The van der Waals surface area contributed by atoms with E-state index in [1.54, 1.807) is 31.3 Å². The summed E-state index contributed by atoms with van der Waals surface area (Å²) in [6, 6.07) is 6.16. The Hall–Kier alpha value is -1.94. The maximum Gasteiger partial charge on any atom is 0.136 e. The molecule has 0 saturated carbocycles. The number of rotatable bonds is 3. The van der Waals surface area contributed by atoms with Crippen LogP contribution in [-0.2, 0) is 6.61 Å². The van der Waals surface area contributed by atoms with Crippen molar-refractivity contribution in [2.24, 2.45) is 0 Å². The van der Waals surface area contributed by atoms with Gasteiger partial charge in [0.25, 0.3) is 0 Å². The third-order valence-corrected chi connectivity index (χ3v) is 2.39. The van der Waals surface area contributed by atoms with Gasteiger partial charge in [-0.3, -0.25) is 4.98 Å². The Morgan fingerprint density at radius 2 is 2.18 bits per heavy atom. The Balaban J connectivity index is 2.28. The molecule has 0 spiro atoms. The van der Waals surface area contributed by atoms with E-state index in [1.807, 2.05) is 0 Å². The van der Waals surface area contributed by atoms with Crippen molar-refractivity contribution in [2.75, 3.05) is 0 Å². The average molecular weight is 233 g/mol. The summed E-state index contributed by atoms with van der Waals surface area (Å²) >= 11 is 0. The van der Waals surface area contributed by atoms with E-state index in [0.29, 0.717) is 22.6 Å². The number of hydrogen-bond donors (Lipinski definition) is 1. The van der Waals surface area contributed by atoms with Crippen LogP contribution < -0.4 is 4.74 Å². The Bertz CT molecular complexity index is 529. The van der Waals surface area contributed by atoms with Crippen LogP contribution in [0.4, 0.5) is 4.39 Å². The first-order valence-electron chi connectivity index (χ1n) is 5.18. The number of benzene rings is 1. The highest BCUT2D eigenvalue weighted by molar-refractivity contribution is 5.37. The molecule has 0 saturated heterocycles. The lowest BCUT2D eigenvalue weighted by molar-refractivity contribution is 0.276. The average Bonchev–Trinajstić information content (AvgIpc) is 2.34. The van der Waals surface area contributed by atoms with Crippen LogP contribution in [0.25, 0.3) is 0 Å². The molecule has 0 atom stereocenters. The molecule has 0 radical (unpaired) electrons. The molecule has 0 bridgehead atoms. The molecule has 0 unspecified atom stereocenters. The van der Waals surface area contributed by atoms with Gasteiger partial charge >= 0.3 is 0 Å². The molecule has 0 aliphatic carbocycles. The normalized spacial score (nSPS) is 10.3. The van der Waals surface area contributed by atoms with Gasteiger partial charge in [-0.05, 0) is 36.8 Å². The second-order valence-electron chi connectivity index (χ2n) is 3.65. The predicted molar refractivity (Wildman–Crippen MR) is 61.4 cm³/mol. The number of pyridine rings is 1. The SMILES string of the molecule is Cc1cc(Oc2ccncc2CO)ccc1F. The standard InChI is InChI=1S/C13H12FNO2/c1-9-6-11(2-3-12(9)14)17-13-4-5-15-7-10(13)8-16/h2-7,16H,8H2,1H3. The molecule has 0 aliphatic rings. The van der Waals surface area contributed by atoms with Crippen molar-refractivity contribution < 1.29 is 14.2 Å². The highest BCUT2D eigenvalue weighted by atomic mass is 19.1. The first-order chi connectivity index (χ1) is 8.20. The molecule has 1 aromatic carbocycles. The van der Waals surface area contributed by atoms with Gasteiger partial charge in [0.05, 0.1) is 6.61 Å². The third-order valence-electron chi connectivity index (χ3n) is 2.39. The van der Waals surface area contributed by atoms with Gasteiger partial charge in [0, 0.05) is 18.0 Å². The predicted octanol–water partition coefficient (Wildman–Crippen LogP) is 2.81. The van der Waals surface area contributed by atoms with Gasteiger partial charge in [0.1, 0.15) is 17.3 Å². The molecular weight excluding hydrogens is 221 g/mol. The third kappa shape index (κ3) is 2.60. The van der Waals surface area contributed by atoms with Gasteiger partial charge in [-0.1, -0.05) is 0 Å². The van der Waals surface area contributed by atoms with Crippen LogP contribution in [0.1, 0.15) is 11.1 Å². The van der Waals surface area contributed by atoms with Gasteiger partial charge in [0.2, 0.25) is 0 Å². The van der Waals surface area contributed by atoms with Gasteiger partial charge in [-0.2, -0.15) is 0 Å². The Labute approximate surface area is 98.5 Å². The van der Waals surface area contributed by atoms with Crippen molar-refractivity contribution >= 4 is 0 Å². The number of hydrogen-bond acceptors (Lipinski definition) is 3. The van der Waals surface area contributed by atoms with E-state index in [9.17, 15) is 4.39 Å². The maximum atomic E-state index is 13.1. The second-order valence-corrected chi connectivity index (χ2v) is 3.65. The van der Waals surface area contributed by atoms with Crippen molar-refractivity contribution in [3.63, 3.8) is 0 Å². The molecule has 1 aromatic heterocycles. The first-order valence-corrected chi connectivity index (χ1v) is 5.18. The largest absolute Gasteiger partial charge is 0.457 e. The highest BCUT2D eigenvalue weighted by Gasteiger charge is 2.05. The summed E-state index contributed by atoms with van der Waals surface area (Å²) in [6.07, 6.45) is 3.11. The molecular formula is C13H12FNO2. The molecule has 1 heterocycles. The smallest absolute Gasteiger partial charge is 0.136 e. The second kappa shape index (κ2) is 4.93. The number of aromatic nitrogens is 1. The van der Waals surface area contributed by atoms with Gasteiger partial charge in [0.15, 0.2) is 0 Å². The summed E-state index contributed by atoms with van der Waals surface area (Å²) < 4.78 is 18.6. The highest BCUT2D eigenvalue weighted by Crippen LogP contribution is 2.25. The van der Waals surface area contributed by atoms with Crippen molar-refractivity contribution in [1.29, 1.82) is 0 Å². The minimum absolute atomic E-state index is 0.149. The summed E-state index contributed by atoms with van der Waals surface area (Å²) in [7, 11) is 0.